The summed E-state index contributed by atoms with van der Waals surface area (Å²) in [5, 5.41) is 42.9. The average Bonchev–Trinajstić information content (AvgIpc) is 2.11. The van der Waals surface area contributed by atoms with Gasteiger partial charge in [0.2, 0.25) is 11.8 Å². The first kappa shape index (κ1) is 64.2. The Morgan fingerprint density at radius 2 is 1.13 bits per heavy atom. The van der Waals surface area contributed by atoms with E-state index in [4.69, 9.17) is 56.4 Å². The van der Waals surface area contributed by atoms with Gasteiger partial charge >= 0.3 is 18.2 Å². The maximum absolute atomic E-state index is 13.8. The van der Waals surface area contributed by atoms with Gasteiger partial charge in [0.1, 0.15) is 47.8 Å². The monoisotopic (exact) mass is 1180 g/mol. The molecule has 15 atom stereocenters. The first-order valence-corrected chi connectivity index (χ1v) is 28.4. The lowest BCUT2D eigenvalue weighted by Crippen LogP contribution is -2.63. The van der Waals surface area contributed by atoms with Crippen LogP contribution < -0.4 is 25.8 Å². The predicted molar refractivity (Wildman–Crippen MR) is 308 cm³/mol. The molecule has 4 amide bonds. The van der Waals surface area contributed by atoms with Crippen molar-refractivity contribution < 1.29 is 72.5 Å². The molecule has 0 saturated carbocycles. The summed E-state index contributed by atoms with van der Waals surface area (Å²) in [4.78, 5) is 68.1. The number of carbonyl (C=O) groups is 5. The zero-order valence-electron chi connectivity index (χ0n) is 49.3. The Bertz CT molecular complexity index is 2900. The number of hydrogen-bond donors (Lipinski definition) is 6. The topological polar surface area (TPSA) is 260 Å². The van der Waals surface area contributed by atoms with E-state index in [1.807, 2.05) is 78.0 Å². The molecule has 0 radical (unpaired) electrons. The number of halogens is 2. The van der Waals surface area contributed by atoms with Crippen LogP contribution in [0.25, 0.3) is 0 Å². The minimum atomic E-state index is -1.76. The van der Waals surface area contributed by atoms with Gasteiger partial charge in [0.25, 0.3) is 0 Å². The normalized spacial score (nSPS) is 36.8. The van der Waals surface area contributed by atoms with Crippen molar-refractivity contribution in [1.29, 1.82) is 0 Å². The molecule has 6 heterocycles. The highest BCUT2D eigenvalue weighted by Crippen LogP contribution is 2.50. The SMILES string of the molecule is CN[C@@H](C)C(=O)O[C@H]1CC(=O)N(C)c2cc(cc(C)c2Cl)C/C(C)=C/C=C/[C@@H](OC)[C@]2(O)C[C@H](OC(=O)N2)[C@@H](C)C2O[C@]21C.CO[C@@H]1/C=C/C=C(\C)Cc2cc(C)c(Cl)c(c2)N(C)C(=O)C[C@H](O)[C@]2(C)OC2[C@H](C)[C@@H]2C[C@]1(O)NC(=O)O2. The van der Waals surface area contributed by atoms with Gasteiger partial charge < -0.3 is 63.6 Å². The van der Waals surface area contributed by atoms with Crippen LogP contribution in [0.5, 0.6) is 0 Å². The minimum absolute atomic E-state index is 0.00785. The minimum Gasteiger partial charge on any atom is -0.457 e. The largest absolute Gasteiger partial charge is 0.457 e. The number of benzene rings is 2. The number of amides is 4. The second-order valence-corrected chi connectivity index (χ2v) is 24.0. The fourth-order valence-corrected chi connectivity index (χ4v) is 12.0. The fraction of sp³-hybridized carbons (Fsp3) is 0.583. The number of allylic oxidation sites excluding steroid dienone is 6. The third-order valence-electron chi connectivity index (χ3n) is 17.0. The Balaban J connectivity index is 0.000000239. The van der Waals surface area contributed by atoms with Crippen molar-refractivity contribution >= 4 is 64.5 Å². The van der Waals surface area contributed by atoms with E-state index >= 15 is 0 Å². The molecular formula is C60H81Cl2N5O15. The lowest BCUT2D eigenvalue weighted by Gasteiger charge is -2.42. The van der Waals surface area contributed by atoms with E-state index in [2.05, 4.69) is 16.0 Å². The van der Waals surface area contributed by atoms with Gasteiger partial charge in [-0.2, -0.15) is 0 Å². The van der Waals surface area contributed by atoms with Gasteiger partial charge in [-0.1, -0.05) is 96.8 Å². The van der Waals surface area contributed by atoms with E-state index in [-0.39, 0.29) is 43.4 Å². The van der Waals surface area contributed by atoms with Crippen LogP contribution in [0.1, 0.15) is 96.4 Å². The number of nitrogens with one attached hydrogen (secondary N) is 3. The van der Waals surface area contributed by atoms with Gasteiger partial charge in [-0.3, -0.25) is 25.0 Å². The molecule has 2 unspecified atom stereocenters. The van der Waals surface area contributed by atoms with Crippen molar-refractivity contribution in [2.75, 3.05) is 45.2 Å². The number of rotatable bonds is 5. The van der Waals surface area contributed by atoms with Crippen molar-refractivity contribution in [2.24, 2.45) is 11.8 Å². The molecule has 22 heteroatoms. The number of aliphatic hydroxyl groups excluding tert-OH is 1. The smallest absolute Gasteiger partial charge is 0.409 e. The Morgan fingerprint density at radius 1 is 0.720 bits per heavy atom. The van der Waals surface area contributed by atoms with Gasteiger partial charge in [-0.15, -0.1) is 0 Å². The Kier molecular flexibility index (Phi) is 19.9. The van der Waals surface area contributed by atoms with E-state index in [0.717, 1.165) is 33.4 Å². The molecule has 2 aromatic carbocycles. The summed E-state index contributed by atoms with van der Waals surface area (Å²) >= 11 is 13.3. The lowest BCUT2D eigenvalue weighted by molar-refractivity contribution is -0.155. The number of carbonyl (C=O) groups excluding carboxylic acids is 5. The lowest BCUT2D eigenvalue weighted by atomic mass is 9.83. The third kappa shape index (κ3) is 13.9. The van der Waals surface area contributed by atoms with Crippen LogP contribution in [0.2, 0.25) is 10.0 Å². The van der Waals surface area contributed by atoms with E-state index in [1.54, 1.807) is 66.2 Å². The van der Waals surface area contributed by atoms with Crippen LogP contribution in [-0.2, 0) is 60.4 Å². The Labute approximate surface area is 490 Å². The highest BCUT2D eigenvalue weighted by atomic mass is 35.5. The molecule has 2 aromatic rings. The van der Waals surface area contributed by atoms with E-state index in [0.29, 0.717) is 34.3 Å². The average molecular weight is 1180 g/mol. The summed E-state index contributed by atoms with van der Waals surface area (Å²) < 4.78 is 40.3. The van der Waals surface area contributed by atoms with E-state index in [1.165, 1.54) is 24.0 Å². The van der Waals surface area contributed by atoms with Crippen molar-refractivity contribution in [3.8, 4) is 0 Å². The maximum Gasteiger partial charge on any atom is 0.409 e. The summed E-state index contributed by atoms with van der Waals surface area (Å²) in [7, 11) is 7.84. The fourth-order valence-electron chi connectivity index (χ4n) is 11.5. The zero-order valence-corrected chi connectivity index (χ0v) is 50.8. The molecule has 0 aliphatic carbocycles. The first-order chi connectivity index (χ1) is 38.4. The number of likely N-dealkylation sites (N-methyl/N-ethyl adjacent to an activating group) is 1. The van der Waals surface area contributed by atoms with Gasteiger partial charge in [0, 0.05) is 53.0 Å². The molecule has 4 saturated heterocycles. The quantitative estimate of drug-likeness (QED) is 0.100. The van der Waals surface area contributed by atoms with Crippen LogP contribution in [0.3, 0.4) is 0 Å². The summed E-state index contributed by atoms with van der Waals surface area (Å²) in [6.07, 6.45) is 3.74. The Hall–Kier alpha value is -5.39. The highest BCUT2D eigenvalue weighted by molar-refractivity contribution is 6.35. The number of aliphatic hydroxyl groups is 3. The summed E-state index contributed by atoms with van der Waals surface area (Å²) in [6.45, 7) is 16.5. The zero-order chi connectivity index (χ0) is 60.6. The number of aryl methyl sites for hydroxylation is 2. The van der Waals surface area contributed by atoms with Crippen LogP contribution in [0, 0.1) is 25.7 Å². The number of hydrogen-bond acceptors (Lipinski definition) is 16. The van der Waals surface area contributed by atoms with Gasteiger partial charge in [0.05, 0.1) is 52.6 Å². The standard InChI is InChI=1S/C32H44ClN3O8.C28H37ClN2O7/c1-17-10-9-11-24(41-8)32(40)16-23(42-30(39)35-32)19(3)28-31(5,44-28)25(43-29(38)20(4)34-6)15-26(37)36(7)22-14-21(12-17)13-18(2)27(22)33;1-15-8-7-9-22(36-6)28(35)14-20(37-26(34)30-28)17(3)25-27(4,38-25)21(32)13-23(33)31(5)19-12-18(10-15)11-16(2)24(19)29/h9-11,13-14,19-20,23-25,28,34,40H,12,15-16H2,1-8H3,(H,35,39);7-9,11-12,17,20-22,25,32,35H,10,13-14H2,1-6H3,(H,30,34)/b11-9+,17-10+;9-7+,15-8+/t19-,20+,23+,24-,25+,28?,31+,32-;17-,20+,21+,22-,25?,27+,28-/m11/s1. The van der Waals surface area contributed by atoms with Crippen molar-refractivity contribution in [1.82, 2.24) is 16.0 Å². The number of nitrogens with zero attached hydrogens (tertiary/aromatic N) is 2. The second kappa shape index (κ2) is 25.4. The second-order valence-electron chi connectivity index (χ2n) is 23.3. The highest BCUT2D eigenvalue weighted by Gasteiger charge is 2.65. The van der Waals surface area contributed by atoms with Crippen LogP contribution in [0.15, 0.2) is 71.9 Å². The molecule has 4 fully saturated rings. The van der Waals surface area contributed by atoms with Crippen molar-refractivity contribution in [3.05, 3.63) is 104 Å². The molecular weight excluding hydrogens is 1100 g/mol. The van der Waals surface area contributed by atoms with Crippen molar-refractivity contribution in [2.45, 2.75) is 178 Å². The number of epoxide rings is 2. The van der Waals surface area contributed by atoms with E-state index < -0.39 is 102 Å². The number of methoxy groups -OCH3 is 2. The number of alkyl carbamates (subject to hydrolysis) is 2. The predicted octanol–water partition coefficient (Wildman–Crippen LogP) is 6.99. The van der Waals surface area contributed by atoms with Crippen LogP contribution in [-0.4, -0.2) is 158 Å². The molecule has 8 rings (SSSR count). The molecule has 0 spiro atoms. The third-order valence-corrected chi connectivity index (χ3v) is 18.0. The van der Waals surface area contributed by atoms with E-state index in [9.17, 15) is 39.3 Å². The molecule has 450 valence electrons. The molecule has 0 aromatic heterocycles. The number of esters is 1. The van der Waals surface area contributed by atoms with Gasteiger partial charge in [-0.25, -0.2) is 9.59 Å². The first-order valence-electron chi connectivity index (χ1n) is 27.6. The number of ether oxygens (including phenoxy) is 7. The number of anilines is 2. The summed E-state index contributed by atoms with van der Waals surface area (Å²) in [6, 6.07) is 7.09. The Morgan fingerprint density at radius 3 is 1.56 bits per heavy atom. The van der Waals surface area contributed by atoms with Crippen LogP contribution in [0.4, 0.5) is 21.0 Å². The number of fused-ring (bicyclic) bond motifs is 10. The summed E-state index contributed by atoms with van der Waals surface area (Å²) in [5.74, 6) is -1.98. The van der Waals surface area contributed by atoms with Crippen LogP contribution >= 0.6 is 23.2 Å². The molecule has 6 aliphatic rings. The molecule has 20 nitrogen and oxygen atoms in total. The molecule has 8 bridgehead atoms. The summed E-state index contributed by atoms with van der Waals surface area (Å²) in [5.41, 5.74) is 1.14. The van der Waals surface area contributed by atoms with Gasteiger partial charge in [0.15, 0.2) is 11.4 Å². The van der Waals surface area contributed by atoms with Crippen molar-refractivity contribution in [3.63, 3.8) is 0 Å². The van der Waals surface area contributed by atoms with Gasteiger partial charge in [-0.05, 0) is 103 Å². The molecule has 82 heavy (non-hydrogen) atoms. The maximum atomic E-state index is 13.8. The molecule has 6 aliphatic heterocycles. The molecule has 6 N–H and O–H groups in total.